The Balaban J connectivity index is 2.36. The average molecular weight is 343 g/mol. The van der Waals surface area contributed by atoms with E-state index >= 15 is 0 Å². The van der Waals surface area contributed by atoms with Crippen molar-refractivity contribution in [1.82, 2.24) is 4.98 Å². The summed E-state index contributed by atoms with van der Waals surface area (Å²) in [5.41, 5.74) is 3.02. The van der Waals surface area contributed by atoms with Crippen molar-refractivity contribution in [1.29, 1.82) is 0 Å². The number of aromatic nitrogens is 1. The lowest BCUT2D eigenvalue weighted by molar-refractivity contribution is -0.114. The van der Waals surface area contributed by atoms with E-state index in [1.165, 1.54) is 21.0 Å². The number of nitrogens with one attached hydrogen (secondary N) is 3. The Hall–Kier alpha value is -3.09. The van der Waals surface area contributed by atoms with Crippen LogP contribution in [0, 0.1) is 13.8 Å². The number of carbonyl (C=O) groups is 3. The number of anilines is 2. The summed E-state index contributed by atoms with van der Waals surface area (Å²) in [5.74, 6) is -0.263. The minimum Gasteiger partial charge on any atom is -0.495 e. The molecular weight excluding hydrogens is 322 g/mol. The first-order valence-electron chi connectivity index (χ1n) is 7.71. The topological polar surface area (TPSA) is 100 Å². The van der Waals surface area contributed by atoms with E-state index < -0.39 is 5.91 Å². The summed E-state index contributed by atoms with van der Waals surface area (Å²) < 4.78 is 5.25. The Morgan fingerprint density at radius 3 is 2.28 bits per heavy atom. The van der Waals surface area contributed by atoms with Gasteiger partial charge in [0.15, 0.2) is 5.78 Å². The molecule has 0 aliphatic heterocycles. The Morgan fingerprint density at radius 1 is 1.08 bits per heavy atom. The molecule has 2 amide bonds. The molecule has 0 unspecified atom stereocenters. The van der Waals surface area contributed by atoms with Crippen molar-refractivity contribution in [3.63, 3.8) is 0 Å². The van der Waals surface area contributed by atoms with Crippen LogP contribution in [0.3, 0.4) is 0 Å². The van der Waals surface area contributed by atoms with Crippen LogP contribution in [0.1, 0.15) is 46.0 Å². The molecule has 0 bridgehead atoms. The Labute approximate surface area is 145 Å². The largest absolute Gasteiger partial charge is 0.495 e. The zero-order valence-electron chi connectivity index (χ0n) is 14.9. The summed E-state index contributed by atoms with van der Waals surface area (Å²) in [5, 5.41) is 5.40. The molecule has 7 heteroatoms. The third kappa shape index (κ3) is 3.88. The van der Waals surface area contributed by atoms with Crippen LogP contribution in [-0.2, 0) is 4.79 Å². The van der Waals surface area contributed by atoms with Gasteiger partial charge in [0.25, 0.3) is 5.91 Å². The van der Waals surface area contributed by atoms with Gasteiger partial charge in [-0.2, -0.15) is 0 Å². The minimum absolute atomic E-state index is 0.101. The van der Waals surface area contributed by atoms with Crippen LogP contribution in [0.25, 0.3) is 0 Å². The van der Waals surface area contributed by atoms with Gasteiger partial charge < -0.3 is 20.4 Å². The van der Waals surface area contributed by atoms with Gasteiger partial charge in [-0.05, 0) is 44.5 Å². The molecular formula is C18H21N3O4. The molecule has 0 saturated heterocycles. The number of aromatic amines is 1. The van der Waals surface area contributed by atoms with Crippen LogP contribution >= 0.6 is 0 Å². The van der Waals surface area contributed by atoms with Crippen molar-refractivity contribution in [2.75, 3.05) is 17.7 Å². The summed E-state index contributed by atoms with van der Waals surface area (Å²) in [6, 6.07) is 4.93. The lowest BCUT2D eigenvalue weighted by Gasteiger charge is -2.12. The molecule has 2 rings (SSSR count). The Kier molecular flexibility index (Phi) is 5.26. The Bertz CT molecular complexity index is 852. The first-order valence-corrected chi connectivity index (χ1v) is 7.71. The van der Waals surface area contributed by atoms with Crippen molar-refractivity contribution < 1.29 is 19.1 Å². The van der Waals surface area contributed by atoms with E-state index in [9.17, 15) is 14.4 Å². The van der Waals surface area contributed by atoms with Crippen molar-refractivity contribution in [3.8, 4) is 5.75 Å². The molecule has 2 aromatic rings. The van der Waals surface area contributed by atoms with E-state index in [1.54, 1.807) is 32.0 Å². The van der Waals surface area contributed by atoms with Gasteiger partial charge in [-0.25, -0.2) is 0 Å². The highest BCUT2D eigenvalue weighted by molar-refractivity contribution is 6.08. The highest BCUT2D eigenvalue weighted by Gasteiger charge is 2.20. The number of carbonyl (C=O) groups excluding carboxylic acids is 3. The summed E-state index contributed by atoms with van der Waals surface area (Å²) in [7, 11) is 1.49. The van der Waals surface area contributed by atoms with Gasteiger partial charge in [-0.1, -0.05) is 0 Å². The summed E-state index contributed by atoms with van der Waals surface area (Å²) in [6.07, 6.45) is 0. The van der Waals surface area contributed by atoms with E-state index in [1.807, 2.05) is 0 Å². The minimum atomic E-state index is -0.397. The van der Waals surface area contributed by atoms with Crippen LogP contribution in [-0.4, -0.2) is 29.7 Å². The van der Waals surface area contributed by atoms with Crippen molar-refractivity contribution in [2.45, 2.75) is 27.7 Å². The third-order valence-corrected chi connectivity index (χ3v) is 3.78. The number of ether oxygens (including phenoxy) is 1. The first-order chi connectivity index (χ1) is 11.7. The Morgan fingerprint density at radius 2 is 1.76 bits per heavy atom. The predicted octanol–water partition coefficient (Wildman–Crippen LogP) is 3.05. The monoisotopic (exact) mass is 343 g/mol. The van der Waals surface area contributed by atoms with Crippen molar-refractivity contribution >= 4 is 29.0 Å². The second-order valence-electron chi connectivity index (χ2n) is 5.73. The van der Waals surface area contributed by atoms with E-state index in [2.05, 4.69) is 15.6 Å². The number of methoxy groups -OCH3 is 1. The number of aryl methyl sites for hydroxylation is 1. The molecule has 1 heterocycles. The van der Waals surface area contributed by atoms with Gasteiger partial charge in [0.2, 0.25) is 5.91 Å². The average Bonchev–Trinajstić information content (AvgIpc) is 2.82. The molecule has 0 fully saturated rings. The quantitative estimate of drug-likeness (QED) is 0.726. The van der Waals surface area contributed by atoms with Crippen LogP contribution in [0.4, 0.5) is 11.4 Å². The fourth-order valence-corrected chi connectivity index (χ4v) is 2.78. The molecule has 0 aliphatic rings. The van der Waals surface area contributed by atoms with Crippen LogP contribution in [0.5, 0.6) is 5.75 Å². The number of ketones is 1. The van der Waals surface area contributed by atoms with Gasteiger partial charge in [0.05, 0.1) is 12.8 Å². The van der Waals surface area contributed by atoms with Gasteiger partial charge in [0, 0.05) is 23.9 Å². The molecule has 3 N–H and O–H groups in total. The number of amides is 2. The van der Waals surface area contributed by atoms with Gasteiger partial charge in [-0.15, -0.1) is 0 Å². The fourth-order valence-electron chi connectivity index (χ4n) is 2.78. The molecule has 132 valence electrons. The van der Waals surface area contributed by atoms with E-state index in [4.69, 9.17) is 4.74 Å². The van der Waals surface area contributed by atoms with E-state index in [0.29, 0.717) is 39.6 Å². The summed E-state index contributed by atoms with van der Waals surface area (Å²) in [4.78, 5) is 38.5. The number of benzene rings is 1. The summed E-state index contributed by atoms with van der Waals surface area (Å²) >= 11 is 0. The van der Waals surface area contributed by atoms with Crippen molar-refractivity contribution in [3.05, 3.63) is 40.7 Å². The number of Topliss-reactive ketones (excluding diaryl/α,β-unsaturated/α-hetero) is 1. The normalized spacial score (nSPS) is 10.3. The molecule has 0 spiro atoms. The second kappa shape index (κ2) is 7.21. The predicted molar refractivity (Wildman–Crippen MR) is 95.5 cm³/mol. The molecule has 7 nitrogen and oxygen atoms in total. The van der Waals surface area contributed by atoms with Gasteiger partial charge in [0.1, 0.15) is 11.4 Å². The highest BCUT2D eigenvalue weighted by atomic mass is 16.5. The zero-order chi connectivity index (χ0) is 18.7. The molecule has 25 heavy (non-hydrogen) atoms. The van der Waals surface area contributed by atoms with Crippen molar-refractivity contribution in [2.24, 2.45) is 0 Å². The van der Waals surface area contributed by atoms with Gasteiger partial charge >= 0.3 is 0 Å². The van der Waals surface area contributed by atoms with Crippen LogP contribution in [0.2, 0.25) is 0 Å². The summed E-state index contributed by atoms with van der Waals surface area (Å²) in [6.45, 7) is 6.33. The molecule has 0 radical (unpaired) electrons. The van der Waals surface area contributed by atoms with E-state index in [0.717, 1.165) is 0 Å². The standard InChI is InChI=1S/C18H21N3O4/c1-9-16(11(3)22)10(2)19-17(9)18(24)21-14-8-13(20-12(4)23)6-7-15(14)25-5/h6-8,19H,1-5H3,(H,20,23)(H,21,24). The number of hydrogen-bond donors (Lipinski definition) is 3. The number of rotatable bonds is 5. The zero-order valence-corrected chi connectivity index (χ0v) is 14.9. The third-order valence-electron chi connectivity index (χ3n) is 3.78. The van der Waals surface area contributed by atoms with Crippen LogP contribution < -0.4 is 15.4 Å². The molecule has 1 aromatic carbocycles. The maximum Gasteiger partial charge on any atom is 0.272 e. The smallest absolute Gasteiger partial charge is 0.272 e. The maximum absolute atomic E-state index is 12.6. The molecule has 0 aliphatic carbocycles. The lowest BCUT2D eigenvalue weighted by Crippen LogP contribution is -2.15. The number of H-pyrrole nitrogens is 1. The number of hydrogen-bond acceptors (Lipinski definition) is 4. The SMILES string of the molecule is COc1ccc(NC(C)=O)cc1NC(=O)c1[nH]c(C)c(C(C)=O)c1C. The maximum atomic E-state index is 12.6. The lowest BCUT2D eigenvalue weighted by atomic mass is 10.1. The first kappa shape index (κ1) is 18.3. The van der Waals surface area contributed by atoms with E-state index in [-0.39, 0.29) is 11.7 Å². The fraction of sp³-hybridized carbons (Fsp3) is 0.278. The second-order valence-corrected chi connectivity index (χ2v) is 5.73. The molecule has 1 aromatic heterocycles. The molecule has 0 atom stereocenters. The molecule has 0 saturated carbocycles. The van der Waals surface area contributed by atoms with Gasteiger partial charge in [-0.3, -0.25) is 14.4 Å². The van der Waals surface area contributed by atoms with Crippen LogP contribution in [0.15, 0.2) is 18.2 Å². The highest BCUT2D eigenvalue weighted by Crippen LogP contribution is 2.29.